The maximum Gasteiger partial charge on any atom is 0.271 e. The Morgan fingerprint density at radius 2 is 1.89 bits per heavy atom. The van der Waals surface area contributed by atoms with E-state index < -0.39 is 11.7 Å². The van der Waals surface area contributed by atoms with Gasteiger partial charge in [0.25, 0.3) is 5.91 Å². The molecule has 0 saturated carbocycles. The zero-order valence-corrected chi connectivity index (χ0v) is 9.51. The van der Waals surface area contributed by atoms with Gasteiger partial charge in [-0.1, -0.05) is 36.4 Å². The normalized spacial score (nSPS) is 10.5. The molecule has 3 nitrogen and oxygen atoms in total. The molecule has 0 bridgehead atoms. The first-order valence-electron chi connectivity index (χ1n) is 5.40. The van der Waals surface area contributed by atoms with Crippen molar-refractivity contribution in [2.45, 2.75) is 0 Å². The van der Waals surface area contributed by atoms with Crippen molar-refractivity contribution in [2.24, 2.45) is 5.10 Å². The van der Waals surface area contributed by atoms with Crippen molar-refractivity contribution in [2.75, 3.05) is 0 Å². The molecule has 0 aliphatic rings. The summed E-state index contributed by atoms with van der Waals surface area (Å²) >= 11 is 0. The lowest BCUT2D eigenvalue weighted by molar-refractivity contribution is 0.0954. The lowest BCUT2D eigenvalue weighted by Gasteiger charge is -1.99. The Hall–Kier alpha value is -2.49. The van der Waals surface area contributed by atoms with Gasteiger partial charge in [0, 0.05) is 5.56 Å². The van der Waals surface area contributed by atoms with Crippen LogP contribution in [0.25, 0.3) is 0 Å². The number of hydrogen-bond acceptors (Lipinski definition) is 2. The second kappa shape index (κ2) is 5.72. The molecule has 0 fully saturated rings. The maximum absolute atomic E-state index is 12.9. The Kier molecular flexibility index (Phi) is 3.81. The molecule has 0 aliphatic carbocycles. The van der Waals surface area contributed by atoms with Crippen LogP contribution in [0, 0.1) is 5.82 Å². The summed E-state index contributed by atoms with van der Waals surface area (Å²) in [4.78, 5) is 11.6. The topological polar surface area (TPSA) is 41.5 Å². The summed E-state index contributed by atoms with van der Waals surface area (Å²) in [5.41, 5.74) is 3.45. The summed E-state index contributed by atoms with van der Waals surface area (Å²) in [6.45, 7) is 0. The number of nitrogens with zero attached hydrogens (tertiary/aromatic N) is 1. The van der Waals surface area contributed by atoms with E-state index in [1.165, 1.54) is 24.4 Å². The molecule has 2 rings (SSSR count). The predicted molar refractivity (Wildman–Crippen MR) is 67.9 cm³/mol. The number of rotatable bonds is 3. The molecule has 0 atom stereocenters. The van der Waals surface area contributed by atoms with Gasteiger partial charge in [0.05, 0.1) is 6.21 Å². The Morgan fingerprint density at radius 3 is 2.61 bits per heavy atom. The average molecular weight is 242 g/mol. The minimum absolute atomic E-state index is 0.236. The maximum atomic E-state index is 12.9. The number of carbonyl (C=O) groups is 1. The van der Waals surface area contributed by atoms with E-state index in [9.17, 15) is 9.18 Å². The Balaban J connectivity index is 1.99. The van der Waals surface area contributed by atoms with Crippen LogP contribution < -0.4 is 5.43 Å². The van der Waals surface area contributed by atoms with E-state index in [2.05, 4.69) is 10.5 Å². The molecule has 0 unspecified atom stereocenters. The fourth-order valence-electron chi connectivity index (χ4n) is 1.40. The molecule has 1 N–H and O–H groups in total. The van der Waals surface area contributed by atoms with Crippen molar-refractivity contribution >= 4 is 12.1 Å². The smallest absolute Gasteiger partial charge is 0.267 e. The summed E-state index contributed by atoms with van der Waals surface area (Å²) in [6.07, 6.45) is 1.52. The van der Waals surface area contributed by atoms with E-state index in [0.717, 1.165) is 11.6 Å². The lowest BCUT2D eigenvalue weighted by atomic mass is 10.2. The molecule has 1 amide bonds. The van der Waals surface area contributed by atoms with Gasteiger partial charge in [-0.2, -0.15) is 5.10 Å². The predicted octanol–water partition coefficient (Wildman–Crippen LogP) is 2.59. The van der Waals surface area contributed by atoms with Crippen molar-refractivity contribution in [1.82, 2.24) is 5.43 Å². The van der Waals surface area contributed by atoms with Crippen molar-refractivity contribution in [1.29, 1.82) is 0 Å². The number of hydrazone groups is 1. The van der Waals surface area contributed by atoms with E-state index in [1.807, 2.05) is 30.3 Å². The first kappa shape index (κ1) is 12.0. The van der Waals surface area contributed by atoms with Crippen LogP contribution in [0.2, 0.25) is 0 Å². The number of carbonyl (C=O) groups excluding carboxylic acids is 1. The fraction of sp³-hybridized carbons (Fsp3) is 0. The second-order valence-electron chi connectivity index (χ2n) is 3.62. The number of amides is 1. The summed E-state index contributed by atoms with van der Waals surface area (Å²) in [5, 5.41) is 3.80. The summed E-state index contributed by atoms with van der Waals surface area (Å²) in [7, 11) is 0. The highest BCUT2D eigenvalue weighted by molar-refractivity contribution is 5.94. The molecular formula is C14H11FN2O. The number of benzene rings is 2. The van der Waals surface area contributed by atoms with Crippen LogP contribution >= 0.6 is 0 Å². The number of halogens is 1. The quantitative estimate of drug-likeness (QED) is 0.652. The van der Waals surface area contributed by atoms with Crippen LogP contribution in [0.15, 0.2) is 59.7 Å². The first-order chi connectivity index (χ1) is 8.75. The van der Waals surface area contributed by atoms with Gasteiger partial charge in [0.15, 0.2) is 0 Å². The molecule has 0 radical (unpaired) electrons. The summed E-state index contributed by atoms with van der Waals surface area (Å²) in [6, 6.07) is 14.8. The third-order valence-corrected chi connectivity index (χ3v) is 2.27. The monoisotopic (exact) mass is 242 g/mol. The van der Waals surface area contributed by atoms with E-state index in [0.29, 0.717) is 0 Å². The molecule has 0 aromatic heterocycles. The van der Waals surface area contributed by atoms with Crippen LogP contribution in [0.1, 0.15) is 15.9 Å². The molecule has 18 heavy (non-hydrogen) atoms. The lowest BCUT2D eigenvalue weighted by Crippen LogP contribution is -2.17. The van der Waals surface area contributed by atoms with Crippen LogP contribution in [0.3, 0.4) is 0 Å². The molecule has 0 heterocycles. The molecule has 4 heteroatoms. The van der Waals surface area contributed by atoms with Gasteiger partial charge in [-0.15, -0.1) is 0 Å². The molecule has 0 aliphatic heterocycles. The van der Waals surface area contributed by atoms with Gasteiger partial charge < -0.3 is 0 Å². The van der Waals surface area contributed by atoms with Gasteiger partial charge in [0.1, 0.15) is 5.82 Å². The fourth-order valence-corrected chi connectivity index (χ4v) is 1.40. The third-order valence-electron chi connectivity index (χ3n) is 2.27. The van der Waals surface area contributed by atoms with E-state index in [4.69, 9.17) is 0 Å². The zero-order valence-electron chi connectivity index (χ0n) is 9.51. The zero-order chi connectivity index (χ0) is 12.8. The second-order valence-corrected chi connectivity index (χ2v) is 3.62. The SMILES string of the molecule is O=C(N/N=C\c1ccccc1)c1cccc(F)c1. The van der Waals surface area contributed by atoms with Crippen molar-refractivity contribution < 1.29 is 9.18 Å². The molecule has 2 aromatic carbocycles. The average Bonchev–Trinajstić information content (AvgIpc) is 2.40. The van der Waals surface area contributed by atoms with E-state index in [-0.39, 0.29) is 5.56 Å². The van der Waals surface area contributed by atoms with Gasteiger partial charge >= 0.3 is 0 Å². The van der Waals surface area contributed by atoms with Gasteiger partial charge in [-0.25, -0.2) is 9.82 Å². The highest BCUT2D eigenvalue weighted by Crippen LogP contribution is 2.03. The van der Waals surface area contributed by atoms with Crippen LogP contribution in [-0.4, -0.2) is 12.1 Å². The highest BCUT2D eigenvalue weighted by atomic mass is 19.1. The molecule has 0 spiro atoms. The Bertz CT molecular complexity index is 567. The number of nitrogens with one attached hydrogen (secondary N) is 1. The summed E-state index contributed by atoms with van der Waals surface area (Å²) in [5.74, 6) is -0.892. The van der Waals surface area contributed by atoms with Gasteiger partial charge in [-0.3, -0.25) is 4.79 Å². The summed E-state index contributed by atoms with van der Waals surface area (Å²) < 4.78 is 12.9. The van der Waals surface area contributed by atoms with Crippen LogP contribution in [0.4, 0.5) is 4.39 Å². The molecular weight excluding hydrogens is 231 g/mol. The first-order valence-corrected chi connectivity index (χ1v) is 5.40. The van der Waals surface area contributed by atoms with E-state index >= 15 is 0 Å². The van der Waals surface area contributed by atoms with Gasteiger partial charge in [-0.05, 0) is 23.8 Å². The van der Waals surface area contributed by atoms with Crippen LogP contribution in [-0.2, 0) is 0 Å². The largest absolute Gasteiger partial charge is 0.271 e. The molecule has 0 saturated heterocycles. The highest BCUT2D eigenvalue weighted by Gasteiger charge is 2.04. The van der Waals surface area contributed by atoms with E-state index in [1.54, 1.807) is 0 Å². The van der Waals surface area contributed by atoms with Gasteiger partial charge in [0.2, 0.25) is 0 Å². The molecule has 90 valence electrons. The van der Waals surface area contributed by atoms with Crippen molar-refractivity contribution in [3.05, 3.63) is 71.5 Å². The minimum atomic E-state index is -0.449. The van der Waals surface area contributed by atoms with Crippen molar-refractivity contribution in [3.8, 4) is 0 Å². The number of hydrogen-bond donors (Lipinski definition) is 1. The van der Waals surface area contributed by atoms with Crippen molar-refractivity contribution in [3.63, 3.8) is 0 Å². The van der Waals surface area contributed by atoms with Crippen LogP contribution in [0.5, 0.6) is 0 Å². The Labute approximate surface area is 104 Å². The Morgan fingerprint density at radius 1 is 1.11 bits per heavy atom. The minimum Gasteiger partial charge on any atom is -0.267 e. The third kappa shape index (κ3) is 3.25. The standard InChI is InChI=1S/C14H11FN2O/c15-13-8-4-7-12(9-13)14(18)17-16-10-11-5-2-1-3-6-11/h1-10H,(H,17,18)/b16-10-. The molecule has 2 aromatic rings.